The van der Waals surface area contributed by atoms with E-state index in [4.69, 9.17) is 9.15 Å². The molecular weight excluding hydrogens is 214 g/mol. The molecule has 1 unspecified atom stereocenters. The Balaban J connectivity index is 2.12. The lowest BCUT2D eigenvalue weighted by atomic mass is 10.1. The molecule has 3 nitrogen and oxygen atoms in total. The van der Waals surface area contributed by atoms with E-state index in [0.717, 1.165) is 17.0 Å². The van der Waals surface area contributed by atoms with Gasteiger partial charge >= 0.3 is 0 Å². The largest absolute Gasteiger partial charge is 0.492 e. The van der Waals surface area contributed by atoms with Gasteiger partial charge in [0.05, 0.1) is 30.9 Å². The third-order valence-corrected chi connectivity index (χ3v) is 2.60. The monoisotopic (exact) mass is 231 g/mol. The Hall–Kier alpha value is -1.90. The Morgan fingerprint density at radius 2 is 2.12 bits per heavy atom. The zero-order chi connectivity index (χ0) is 12.1. The molecule has 17 heavy (non-hydrogen) atoms. The lowest BCUT2D eigenvalue weighted by Crippen LogP contribution is -2.07. The molecular formula is C14H17NO2. The highest BCUT2D eigenvalue weighted by atomic mass is 16.5. The highest BCUT2D eigenvalue weighted by Crippen LogP contribution is 2.28. The molecule has 0 saturated carbocycles. The van der Waals surface area contributed by atoms with E-state index in [1.807, 2.05) is 37.3 Å². The van der Waals surface area contributed by atoms with Gasteiger partial charge in [0, 0.05) is 5.56 Å². The third kappa shape index (κ3) is 2.81. The second kappa shape index (κ2) is 5.43. The first-order valence-corrected chi connectivity index (χ1v) is 5.81. The minimum absolute atomic E-state index is 0.190. The number of furan rings is 1. The van der Waals surface area contributed by atoms with Gasteiger partial charge in [0.25, 0.3) is 0 Å². The molecule has 1 aromatic carbocycles. The van der Waals surface area contributed by atoms with Gasteiger partial charge in [-0.05, 0) is 32.0 Å². The van der Waals surface area contributed by atoms with Crippen molar-refractivity contribution in [3.63, 3.8) is 0 Å². The molecule has 0 aliphatic heterocycles. The minimum Gasteiger partial charge on any atom is -0.492 e. The fraction of sp³-hybridized carbons (Fsp3) is 0.286. The summed E-state index contributed by atoms with van der Waals surface area (Å²) >= 11 is 0. The zero-order valence-electron chi connectivity index (χ0n) is 10.1. The van der Waals surface area contributed by atoms with Crippen molar-refractivity contribution in [3.05, 3.63) is 48.4 Å². The Labute approximate surface area is 101 Å². The van der Waals surface area contributed by atoms with E-state index in [9.17, 15) is 0 Å². The van der Waals surface area contributed by atoms with Crippen molar-refractivity contribution >= 4 is 5.69 Å². The van der Waals surface area contributed by atoms with E-state index in [-0.39, 0.29) is 6.04 Å². The van der Waals surface area contributed by atoms with Crippen LogP contribution in [0.25, 0.3) is 0 Å². The number of rotatable bonds is 5. The van der Waals surface area contributed by atoms with Crippen LogP contribution in [0.2, 0.25) is 0 Å². The molecule has 0 fully saturated rings. The number of benzene rings is 1. The van der Waals surface area contributed by atoms with Crippen LogP contribution in [0.1, 0.15) is 25.5 Å². The molecule has 1 atom stereocenters. The van der Waals surface area contributed by atoms with E-state index in [0.29, 0.717) is 6.61 Å². The summed E-state index contributed by atoms with van der Waals surface area (Å²) in [6.07, 6.45) is 3.43. The van der Waals surface area contributed by atoms with Gasteiger partial charge in [-0.3, -0.25) is 0 Å². The second-order valence-electron chi connectivity index (χ2n) is 3.85. The van der Waals surface area contributed by atoms with Gasteiger partial charge < -0.3 is 14.5 Å². The Morgan fingerprint density at radius 1 is 1.29 bits per heavy atom. The average molecular weight is 231 g/mol. The van der Waals surface area contributed by atoms with Gasteiger partial charge in [0.1, 0.15) is 5.75 Å². The summed E-state index contributed by atoms with van der Waals surface area (Å²) in [5.41, 5.74) is 2.12. The summed E-state index contributed by atoms with van der Waals surface area (Å²) in [5.74, 6) is 0.880. The van der Waals surface area contributed by atoms with Gasteiger partial charge in [-0.15, -0.1) is 0 Å². The molecule has 2 rings (SSSR count). The SMILES string of the molecule is CCOc1ccccc1NC(C)c1ccoc1. The summed E-state index contributed by atoms with van der Waals surface area (Å²) in [5, 5.41) is 3.41. The molecule has 3 heteroatoms. The van der Waals surface area contributed by atoms with Crippen molar-refractivity contribution in [2.24, 2.45) is 0 Å². The molecule has 0 spiro atoms. The van der Waals surface area contributed by atoms with Crippen LogP contribution >= 0.6 is 0 Å². The molecule has 0 amide bonds. The fourth-order valence-corrected chi connectivity index (χ4v) is 1.71. The van der Waals surface area contributed by atoms with Gasteiger partial charge in [-0.1, -0.05) is 12.1 Å². The molecule has 1 N–H and O–H groups in total. The Kier molecular flexibility index (Phi) is 3.70. The highest BCUT2D eigenvalue weighted by Gasteiger charge is 2.09. The number of hydrogen-bond donors (Lipinski definition) is 1. The summed E-state index contributed by atoms with van der Waals surface area (Å²) in [7, 11) is 0. The maximum atomic E-state index is 5.57. The van der Waals surface area contributed by atoms with Crippen LogP contribution in [0.15, 0.2) is 47.3 Å². The van der Waals surface area contributed by atoms with Crippen molar-refractivity contribution in [3.8, 4) is 5.75 Å². The van der Waals surface area contributed by atoms with E-state index in [1.165, 1.54) is 0 Å². The minimum atomic E-state index is 0.190. The van der Waals surface area contributed by atoms with Crippen LogP contribution in [0.4, 0.5) is 5.69 Å². The first-order valence-electron chi connectivity index (χ1n) is 5.81. The van der Waals surface area contributed by atoms with Crippen LogP contribution in [-0.4, -0.2) is 6.61 Å². The summed E-state index contributed by atoms with van der Waals surface area (Å²) in [4.78, 5) is 0. The van der Waals surface area contributed by atoms with Crippen LogP contribution in [0.3, 0.4) is 0 Å². The molecule has 90 valence electrons. The molecule has 1 aromatic heterocycles. The van der Waals surface area contributed by atoms with Gasteiger partial charge in [0.2, 0.25) is 0 Å². The van der Waals surface area contributed by atoms with Crippen molar-refractivity contribution in [2.75, 3.05) is 11.9 Å². The molecule has 0 aliphatic carbocycles. The van der Waals surface area contributed by atoms with E-state index in [2.05, 4.69) is 12.2 Å². The fourth-order valence-electron chi connectivity index (χ4n) is 1.71. The topological polar surface area (TPSA) is 34.4 Å². The molecule has 1 heterocycles. The summed E-state index contributed by atoms with van der Waals surface area (Å²) < 4.78 is 10.6. The van der Waals surface area contributed by atoms with Crippen LogP contribution in [0, 0.1) is 0 Å². The smallest absolute Gasteiger partial charge is 0.142 e. The van der Waals surface area contributed by atoms with Gasteiger partial charge in [-0.25, -0.2) is 0 Å². The lowest BCUT2D eigenvalue weighted by molar-refractivity contribution is 0.341. The molecule has 0 saturated heterocycles. The van der Waals surface area contributed by atoms with E-state index in [1.54, 1.807) is 12.5 Å². The maximum Gasteiger partial charge on any atom is 0.142 e. The van der Waals surface area contributed by atoms with Gasteiger partial charge in [-0.2, -0.15) is 0 Å². The number of para-hydroxylation sites is 2. The Morgan fingerprint density at radius 3 is 2.82 bits per heavy atom. The third-order valence-electron chi connectivity index (χ3n) is 2.60. The van der Waals surface area contributed by atoms with Crippen LogP contribution < -0.4 is 10.1 Å². The van der Waals surface area contributed by atoms with Crippen molar-refractivity contribution in [1.82, 2.24) is 0 Å². The number of nitrogens with one attached hydrogen (secondary N) is 1. The number of ether oxygens (including phenoxy) is 1. The molecule has 0 bridgehead atoms. The van der Waals surface area contributed by atoms with Crippen LogP contribution in [0.5, 0.6) is 5.75 Å². The van der Waals surface area contributed by atoms with Crippen molar-refractivity contribution in [2.45, 2.75) is 19.9 Å². The van der Waals surface area contributed by atoms with Crippen LogP contribution in [-0.2, 0) is 0 Å². The summed E-state index contributed by atoms with van der Waals surface area (Å²) in [6.45, 7) is 4.74. The normalized spacial score (nSPS) is 12.1. The maximum absolute atomic E-state index is 5.57. The first kappa shape index (κ1) is 11.6. The van der Waals surface area contributed by atoms with Crippen molar-refractivity contribution in [1.29, 1.82) is 0 Å². The van der Waals surface area contributed by atoms with E-state index < -0.39 is 0 Å². The predicted molar refractivity (Wildman–Crippen MR) is 68.4 cm³/mol. The van der Waals surface area contributed by atoms with Crippen molar-refractivity contribution < 1.29 is 9.15 Å². The average Bonchev–Trinajstić information content (AvgIpc) is 2.85. The number of anilines is 1. The Bertz CT molecular complexity index is 451. The predicted octanol–water partition coefficient (Wildman–Crippen LogP) is 3.85. The standard InChI is InChI=1S/C14H17NO2/c1-3-17-14-7-5-4-6-13(14)15-11(2)12-8-9-16-10-12/h4-11,15H,3H2,1-2H3. The van der Waals surface area contributed by atoms with Gasteiger partial charge in [0.15, 0.2) is 0 Å². The number of hydrogen-bond acceptors (Lipinski definition) is 3. The first-order chi connectivity index (χ1) is 8.31. The molecule has 0 radical (unpaired) electrons. The zero-order valence-corrected chi connectivity index (χ0v) is 10.1. The summed E-state index contributed by atoms with van der Waals surface area (Å²) in [6, 6.07) is 10.1. The molecule has 2 aromatic rings. The quantitative estimate of drug-likeness (QED) is 0.848. The van der Waals surface area contributed by atoms with E-state index >= 15 is 0 Å². The highest BCUT2D eigenvalue weighted by molar-refractivity contribution is 5.57. The lowest BCUT2D eigenvalue weighted by Gasteiger charge is -2.16. The second-order valence-corrected chi connectivity index (χ2v) is 3.85. The molecule has 0 aliphatic rings.